The second-order valence-electron chi connectivity index (χ2n) is 4.55. The SMILES string of the molecule is CCC(Nc1ccc([N+](=O)[O-])c(N)c1)c1ccccc1. The van der Waals surface area contributed by atoms with Gasteiger partial charge < -0.3 is 11.1 Å². The number of nitro benzene ring substituents is 1. The predicted molar refractivity (Wildman–Crippen MR) is 80.6 cm³/mol. The summed E-state index contributed by atoms with van der Waals surface area (Å²) >= 11 is 0. The van der Waals surface area contributed by atoms with Crippen molar-refractivity contribution < 1.29 is 4.92 Å². The van der Waals surface area contributed by atoms with Crippen molar-refractivity contribution in [2.75, 3.05) is 11.1 Å². The van der Waals surface area contributed by atoms with Crippen molar-refractivity contribution in [2.24, 2.45) is 0 Å². The molecule has 0 saturated heterocycles. The van der Waals surface area contributed by atoms with Crippen molar-refractivity contribution in [2.45, 2.75) is 19.4 Å². The minimum absolute atomic E-state index is 0.0664. The van der Waals surface area contributed by atoms with Crippen LogP contribution in [-0.4, -0.2) is 4.92 Å². The maximum atomic E-state index is 10.7. The van der Waals surface area contributed by atoms with E-state index in [0.717, 1.165) is 12.1 Å². The van der Waals surface area contributed by atoms with Gasteiger partial charge in [-0.25, -0.2) is 0 Å². The van der Waals surface area contributed by atoms with Gasteiger partial charge in [-0.2, -0.15) is 0 Å². The van der Waals surface area contributed by atoms with Crippen LogP contribution in [0, 0.1) is 10.1 Å². The molecule has 2 aromatic rings. The van der Waals surface area contributed by atoms with Crippen LogP contribution in [-0.2, 0) is 0 Å². The second kappa shape index (κ2) is 6.06. The monoisotopic (exact) mass is 271 g/mol. The third-order valence-electron chi connectivity index (χ3n) is 3.18. The zero-order valence-corrected chi connectivity index (χ0v) is 11.2. The highest BCUT2D eigenvalue weighted by Crippen LogP contribution is 2.28. The molecule has 1 atom stereocenters. The number of nitro groups is 1. The van der Waals surface area contributed by atoms with Crippen molar-refractivity contribution in [1.82, 2.24) is 0 Å². The van der Waals surface area contributed by atoms with Crippen LogP contribution in [0.25, 0.3) is 0 Å². The molecule has 1 unspecified atom stereocenters. The highest BCUT2D eigenvalue weighted by molar-refractivity contribution is 5.66. The van der Waals surface area contributed by atoms with Crippen molar-refractivity contribution in [3.8, 4) is 0 Å². The van der Waals surface area contributed by atoms with Gasteiger partial charge >= 0.3 is 0 Å². The van der Waals surface area contributed by atoms with Crippen LogP contribution in [0.5, 0.6) is 0 Å². The van der Waals surface area contributed by atoms with Crippen LogP contribution in [0.4, 0.5) is 17.1 Å². The second-order valence-corrected chi connectivity index (χ2v) is 4.55. The smallest absolute Gasteiger partial charge is 0.292 e. The Morgan fingerprint density at radius 2 is 1.95 bits per heavy atom. The lowest BCUT2D eigenvalue weighted by Gasteiger charge is -2.19. The van der Waals surface area contributed by atoms with E-state index in [9.17, 15) is 10.1 Å². The lowest BCUT2D eigenvalue weighted by Crippen LogP contribution is -2.10. The number of anilines is 2. The third kappa shape index (κ3) is 3.06. The summed E-state index contributed by atoms with van der Waals surface area (Å²) in [6.45, 7) is 2.08. The highest BCUT2D eigenvalue weighted by atomic mass is 16.6. The maximum absolute atomic E-state index is 10.7. The minimum Gasteiger partial charge on any atom is -0.393 e. The van der Waals surface area contributed by atoms with Crippen LogP contribution in [0.2, 0.25) is 0 Å². The summed E-state index contributed by atoms with van der Waals surface area (Å²) in [4.78, 5) is 10.3. The van der Waals surface area contributed by atoms with Crippen LogP contribution in [0.1, 0.15) is 24.9 Å². The number of nitrogens with zero attached hydrogens (tertiary/aromatic N) is 1. The lowest BCUT2D eigenvalue weighted by molar-refractivity contribution is -0.383. The molecule has 0 aliphatic heterocycles. The summed E-state index contributed by atoms with van der Waals surface area (Å²) in [5.74, 6) is 0. The van der Waals surface area contributed by atoms with E-state index >= 15 is 0 Å². The van der Waals surface area contributed by atoms with Crippen molar-refractivity contribution in [3.05, 3.63) is 64.2 Å². The van der Waals surface area contributed by atoms with Gasteiger partial charge in [0.05, 0.1) is 11.0 Å². The molecule has 20 heavy (non-hydrogen) atoms. The molecule has 2 rings (SSSR count). The van der Waals surface area contributed by atoms with E-state index in [0.29, 0.717) is 0 Å². The van der Waals surface area contributed by atoms with Gasteiger partial charge in [0.25, 0.3) is 5.69 Å². The van der Waals surface area contributed by atoms with E-state index in [1.807, 2.05) is 18.2 Å². The zero-order valence-electron chi connectivity index (χ0n) is 11.2. The van der Waals surface area contributed by atoms with Gasteiger partial charge in [0.15, 0.2) is 0 Å². The Labute approximate surface area is 117 Å². The molecule has 2 aromatic carbocycles. The average Bonchev–Trinajstić information content (AvgIpc) is 2.45. The normalized spacial score (nSPS) is 11.8. The number of benzene rings is 2. The van der Waals surface area contributed by atoms with Gasteiger partial charge in [-0.3, -0.25) is 10.1 Å². The fourth-order valence-electron chi connectivity index (χ4n) is 2.12. The molecule has 0 spiro atoms. The van der Waals surface area contributed by atoms with Crippen molar-refractivity contribution in [1.29, 1.82) is 0 Å². The Bertz CT molecular complexity index is 599. The van der Waals surface area contributed by atoms with Crippen LogP contribution in [0.3, 0.4) is 0 Å². The van der Waals surface area contributed by atoms with E-state index in [2.05, 4.69) is 24.4 Å². The fourth-order valence-corrected chi connectivity index (χ4v) is 2.12. The fraction of sp³-hybridized carbons (Fsp3) is 0.200. The number of nitrogens with two attached hydrogens (primary N) is 1. The number of hydrogen-bond acceptors (Lipinski definition) is 4. The van der Waals surface area contributed by atoms with Gasteiger partial charge in [0.1, 0.15) is 5.69 Å². The van der Waals surface area contributed by atoms with Crippen molar-refractivity contribution >= 4 is 17.1 Å². The standard InChI is InChI=1S/C15H17N3O2/c1-2-14(11-6-4-3-5-7-11)17-12-8-9-15(18(19)20)13(16)10-12/h3-10,14,17H,2,16H2,1H3. The first kappa shape index (κ1) is 13.9. The quantitative estimate of drug-likeness (QED) is 0.493. The van der Waals surface area contributed by atoms with Gasteiger partial charge in [-0.1, -0.05) is 37.3 Å². The molecule has 0 radical (unpaired) electrons. The molecule has 5 nitrogen and oxygen atoms in total. The molecule has 0 fully saturated rings. The molecular formula is C15H17N3O2. The third-order valence-corrected chi connectivity index (χ3v) is 3.18. The topological polar surface area (TPSA) is 81.2 Å². The molecule has 0 amide bonds. The lowest BCUT2D eigenvalue weighted by atomic mass is 10.0. The summed E-state index contributed by atoms with van der Waals surface area (Å²) in [5, 5.41) is 14.1. The Morgan fingerprint density at radius 1 is 1.25 bits per heavy atom. The maximum Gasteiger partial charge on any atom is 0.292 e. The molecule has 3 N–H and O–H groups in total. The molecule has 5 heteroatoms. The first-order valence-electron chi connectivity index (χ1n) is 6.47. The molecule has 104 valence electrons. The van der Waals surface area contributed by atoms with Crippen molar-refractivity contribution in [3.63, 3.8) is 0 Å². The Kier molecular flexibility index (Phi) is 4.20. The molecule has 0 bridgehead atoms. The van der Waals surface area contributed by atoms with Gasteiger partial charge in [0.2, 0.25) is 0 Å². The number of nitrogen functional groups attached to an aromatic ring is 1. The van der Waals surface area contributed by atoms with E-state index in [1.165, 1.54) is 11.6 Å². The summed E-state index contributed by atoms with van der Waals surface area (Å²) < 4.78 is 0. The van der Waals surface area contributed by atoms with Crippen LogP contribution < -0.4 is 11.1 Å². The largest absolute Gasteiger partial charge is 0.393 e. The molecule has 0 aromatic heterocycles. The molecule has 0 saturated carbocycles. The zero-order chi connectivity index (χ0) is 14.5. The number of hydrogen-bond donors (Lipinski definition) is 2. The number of rotatable bonds is 5. The molecule has 0 aliphatic carbocycles. The Morgan fingerprint density at radius 3 is 2.50 bits per heavy atom. The van der Waals surface area contributed by atoms with E-state index in [4.69, 9.17) is 5.73 Å². The van der Waals surface area contributed by atoms with E-state index in [1.54, 1.807) is 12.1 Å². The summed E-state index contributed by atoms with van der Waals surface area (Å²) in [5.41, 5.74) is 7.75. The summed E-state index contributed by atoms with van der Waals surface area (Å²) in [6.07, 6.45) is 0.904. The molecule has 0 heterocycles. The average molecular weight is 271 g/mol. The van der Waals surface area contributed by atoms with Gasteiger partial charge in [0, 0.05) is 11.8 Å². The first-order valence-corrected chi connectivity index (χ1v) is 6.47. The van der Waals surface area contributed by atoms with Crippen LogP contribution in [0.15, 0.2) is 48.5 Å². The van der Waals surface area contributed by atoms with E-state index in [-0.39, 0.29) is 17.4 Å². The minimum atomic E-state index is -0.479. The predicted octanol–water partition coefficient (Wildman–Crippen LogP) is 3.74. The highest BCUT2D eigenvalue weighted by Gasteiger charge is 2.13. The van der Waals surface area contributed by atoms with Gasteiger partial charge in [-0.15, -0.1) is 0 Å². The Balaban J connectivity index is 2.20. The number of nitrogens with one attached hydrogen (secondary N) is 1. The van der Waals surface area contributed by atoms with Crippen LogP contribution >= 0.6 is 0 Å². The summed E-state index contributed by atoms with van der Waals surface area (Å²) in [7, 11) is 0. The van der Waals surface area contributed by atoms with Gasteiger partial charge in [-0.05, 0) is 24.1 Å². The first-order chi connectivity index (χ1) is 9.61. The molecular weight excluding hydrogens is 254 g/mol. The Hall–Kier alpha value is -2.56. The molecule has 0 aliphatic rings. The van der Waals surface area contributed by atoms with E-state index < -0.39 is 4.92 Å². The summed E-state index contributed by atoms with van der Waals surface area (Å²) in [6, 6.07) is 14.9.